The summed E-state index contributed by atoms with van der Waals surface area (Å²) >= 11 is 0. The molecule has 0 spiro atoms. The maximum absolute atomic E-state index is 15.0. The number of hydrogen-bond donors (Lipinski definition) is 4. The maximum Gasteiger partial charge on any atom is 0.252 e. The highest BCUT2D eigenvalue weighted by Gasteiger charge is 2.34. The van der Waals surface area contributed by atoms with Crippen molar-refractivity contribution in [2.45, 2.75) is 25.0 Å². The molecule has 9 heteroatoms. The standard InChI is InChI=1S/C26H24F2N4O3/c1-26(35,15-33)23(13-18-5-2-3-12-29-18)30-25(34)19-6-4-7-20(28)24(19)22-14-21(31-32-22)16-8-10-17(27)11-9-16/h2-12,14,23,33,35H,13,15H2,1H3,(H,30,34)(H,31,32)/t23-,26+/m1/s1. The van der Waals surface area contributed by atoms with E-state index < -0.39 is 35.8 Å². The van der Waals surface area contributed by atoms with Crippen molar-refractivity contribution in [1.82, 2.24) is 20.5 Å². The predicted octanol–water partition coefficient (Wildman–Crippen LogP) is 3.50. The summed E-state index contributed by atoms with van der Waals surface area (Å²) in [5, 5.41) is 30.1. The smallest absolute Gasteiger partial charge is 0.252 e. The van der Waals surface area contributed by atoms with Gasteiger partial charge in [0.05, 0.1) is 29.6 Å². The molecule has 0 radical (unpaired) electrons. The van der Waals surface area contributed by atoms with Gasteiger partial charge in [-0.25, -0.2) is 8.78 Å². The van der Waals surface area contributed by atoms with Crippen LogP contribution in [0.5, 0.6) is 0 Å². The molecule has 7 nitrogen and oxygen atoms in total. The van der Waals surface area contributed by atoms with Gasteiger partial charge in [-0.05, 0) is 61.5 Å². The number of rotatable bonds is 8. The largest absolute Gasteiger partial charge is 0.393 e. The first kappa shape index (κ1) is 24.2. The minimum atomic E-state index is -1.66. The molecule has 180 valence electrons. The van der Waals surface area contributed by atoms with E-state index in [1.165, 1.54) is 37.3 Å². The fourth-order valence-corrected chi connectivity index (χ4v) is 3.71. The van der Waals surface area contributed by atoms with Gasteiger partial charge < -0.3 is 15.5 Å². The summed E-state index contributed by atoms with van der Waals surface area (Å²) in [6.45, 7) is 0.791. The van der Waals surface area contributed by atoms with E-state index in [0.717, 1.165) is 0 Å². The van der Waals surface area contributed by atoms with Crippen LogP contribution in [0.15, 0.2) is 72.9 Å². The Bertz CT molecular complexity index is 1310. The van der Waals surface area contributed by atoms with Gasteiger partial charge in [-0.2, -0.15) is 5.10 Å². The first-order valence-electron chi connectivity index (χ1n) is 10.9. The molecule has 4 N–H and O–H groups in total. The molecule has 4 rings (SSSR count). The molecule has 0 fully saturated rings. The molecule has 0 unspecified atom stereocenters. The molecule has 4 aromatic rings. The summed E-state index contributed by atoms with van der Waals surface area (Å²) in [4.78, 5) is 17.5. The maximum atomic E-state index is 15.0. The number of aliphatic hydroxyl groups is 2. The van der Waals surface area contributed by atoms with Crippen molar-refractivity contribution >= 4 is 5.91 Å². The number of aliphatic hydroxyl groups excluding tert-OH is 1. The van der Waals surface area contributed by atoms with E-state index in [4.69, 9.17) is 0 Å². The van der Waals surface area contributed by atoms with E-state index in [1.54, 1.807) is 42.6 Å². The first-order chi connectivity index (χ1) is 16.8. The molecule has 2 aromatic carbocycles. The number of carbonyl (C=O) groups excluding carboxylic acids is 1. The molecule has 2 heterocycles. The van der Waals surface area contributed by atoms with Crippen molar-refractivity contribution in [3.63, 3.8) is 0 Å². The number of pyridine rings is 1. The van der Waals surface area contributed by atoms with Crippen LogP contribution < -0.4 is 5.32 Å². The number of H-pyrrole nitrogens is 1. The van der Waals surface area contributed by atoms with E-state index >= 15 is 0 Å². The van der Waals surface area contributed by atoms with Gasteiger partial charge in [-0.1, -0.05) is 12.1 Å². The van der Waals surface area contributed by atoms with E-state index in [0.29, 0.717) is 17.0 Å². The van der Waals surface area contributed by atoms with Crippen LogP contribution in [-0.4, -0.2) is 49.6 Å². The van der Waals surface area contributed by atoms with Gasteiger partial charge in [0.15, 0.2) is 0 Å². The zero-order valence-electron chi connectivity index (χ0n) is 18.9. The summed E-state index contributed by atoms with van der Waals surface area (Å²) in [6, 6.07) is 15.7. The summed E-state index contributed by atoms with van der Waals surface area (Å²) in [5.74, 6) is -1.69. The van der Waals surface area contributed by atoms with Gasteiger partial charge in [-0.15, -0.1) is 0 Å². The molecular weight excluding hydrogens is 454 g/mol. The lowest BCUT2D eigenvalue weighted by molar-refractivity contribution is -0.0277. The molecule has 1 amide bonds. The van der Waals surface area contributed by atoms with Crippen molar-refractivity contribution in [2.24, 2.45) is 0 Å². The summed E-state index contributed by atoms with van der Waals surface area (Å²) in [7, 11) is 0. The highest BCUT2D eigenvalue weighted by atomic mass is 19.1. The third kappa shape index (κ3) is 5.42. The van der Waals surface area contributed by atoms with Crippen molar-refractivity contribution in [1.29, 1.82) is 0 Å². The van der Waals surface area contributed by atoms with Gasteiger partial charge >= 0.3 is 0 Å². The predicted molar refractivity (Wildman–Crippen MR) is 126 cm³/mol. The third-order valence-electron chi connectivity index (χ3n) is 5.76. The fraction of sp³-hybridized carbons (Fsp3) is 0.192. The van der Waals surface area contributed by atoms with Crippen LogP contribution in [0.25, 0.3) is 22.5 Å². The number of aromatic amines is 1. The van der Waals surface area contributed by atoms with E-state index in [1.807, 2.05) is 0 Å². The number of hydrogen-bond acceptors (Lipinski definition) is 5. The van der Waals surface area contributed by atoms with Crippen LogP contribution in [0, 0.1) is 11.6 Å². The Morgan fingerprint density at radius 2 is 1.89 bits per heavy atom. The number of aromatic nitrogens is 3. The van der Waals surface area contributed by atoms with Crippen molar-refractivity contribution in [3.8, 4) is 22.5 Å². The minimum Gasteiger partial charge on any atom is -0.393 e. The lowest BCUT2D eigenvalue weighted by Gasteiger charge is -2.32. The second kappa shape index (κ2) is 10.1. The molecule has 2 atom stereocenters. The number of nitrogens with zero attached hydrogens (tertiary/aromatic N) is 2. The minimum absolute atomic E-state index is 0.00825. The third-order valence-corrected chi connectivity index (χ3v) is 5.76. The van der Waals surface area contributed by atoms with Crippen molar-refractivity contribution in [3.05, 3.63) is 95.8 Å². The van der Waals surface area contributed by atoms with Gasteiger partial charge in [0.2, 0.25) is 0 Å². The molecular formula is C26H24F2N4O3. The van der Waals surface area contributed by atoms with Crippen LogP contribution in [-0.2, 0) is 6.42 Å². The van der Waals surface area contributed by atoms with E-state index in [-0.39, 0.29) is 23.2 Å². The zero-order valence-corrected chi connectivity index (χ0v) is 18.9. The Morgan fingerprint density at radius 3 is 2.57 bits per heavy atom. The number of amides is 1. The first-order valence-corrected chi connectivity index (χ1v) is 10.9. The number of nitrogens with one attached hydrogen (secondary N) is 2. The number of halogens is 2. The number of carbonyl (C=O) groups is 1. The lowest BCUT2D eigenvalue weighted by atomic mass is 9.92. The average Bonchev–Trinajstić information content (AvgIpc) is 3.34. The molecule has 2 aromatic heterocycles. The molecule has 0 saturated heterocycles. The molecule has 0 saturated carbocycles. The summed E-state index contributed by atoms with van der Waals surface area (Å²) < 4.78 is 28.2. The summed E-state index contributed by atoms with van der Waals surface area (Å²) in [5.41, 5.74) is 0.262. The van der Waals surface area contributed by atoms with Crippen LogP contribution in [0.3, 0.4) is 0 Å². The van der Waals surface area contributed by atoms with Crippen molar-refractivity contribution in [2.75, 3.05) is 6.61 Å². The van der Waals surface area contributed by atoms with Crippen molar-refractivity contribution < 1.29 is 23.8 Å². The Hall–Kier alpha value is -3.95. The monoisotopic (exact) mass is 478 g/mol. The van der Waals surface area contributed by atoms with E-state index in [2.05, 4.69) is 20.5 Å². The highest BCUT2D eigenvalue weighted by molar-refractivity contribution is 6.01. The lowest BCUT2D eigenvalue weighted by Crippen LogP contribution is -2.54. The molecule has 0 bridgehead atoms. The average molecular weight is 478 g/mol. The Kier molecular flexibility index (Phi) is 6.99. The second-order valence-electron chi connectivity index (χ2n) is 8.40. The quantitative estimate of drug-likeness (QED) is 0.310. The number of benzene rings is 2. The topological polar surface area (TPSA) is 111 Å². The van der Waals surface area contributed by atoms with Gasteiger partial charge in [-0.3, -0.25) is 14.9 Å². The zero-order chi connectivity index (χ0) is 25.0. The van der Waals surface area contributed by atoms with Crippen LogP contribution >= 0.6 is 0 Å². The fourth-order valence-electron chi connectivity index (χ4n) is 3.71. The van der Waals surface area contributed by atoms with Gasteiger partial charge in [0.25, 0.3) is 5.91 Å². The normalized spacial score (nSPS) is 13.7. The molecule has 0 aliphatic rings. The van der Waals surface area contributed by atoms with E-state index in [9.17, 15) is 23.8 Å². The molecule has 0 aliphatic heterocycles. The molecule has 0 aliphatic carbocycles. The van der Waals surface area contributed by atoms with Crippen LogP contribution in [0.2, 0.25) is 0 Å². The summed E-state index contributed by atoms with van der Waals surface area (Å²) in [6.07, 6.45) is 1.73. The highest BCUT2D eigenvalue weighted by Crippen LogP contribution is 2.29. The Labute approximate surface area is 200 Å². The van der Waals surface area contributed by atoms with Crippen LogP contribution in [0.1, 0.15) is 23.0 Å². The van der Waals surface area contributed by atoms with Crippen LogP contribution in [0.4, 0.5) is 8.78 Å². The van der Waals surface area contributed by atoms with Gasteiger partial charge in [0, 0.05) is 29.4 Å². The SMILES string of the molecule is C[C@](O)(CO)[C@@H](Cc1ccccn1)NC(=O)c1cccc(F)c1-c1cc(-c2ccc(F)cc2)n[nH]1. The van der Waals surface area contributed by atoms with Gasteiger partial charge in [0.1, 0.15) is 17.2 Å². The molecule has 35 heavy (non-hydrogen) atoms. The second-order valence-corrected chi connectivity index (χ2v) is 8.40. The Balaban J connectivity index is 1.66. The Morgan fingerprint density at radius 1 is 1.11 bits per heavy atom.